The molecular weight excluding hydrogens is 285 g/mol. The van der Waals surface area contributed by atoms with Crippen LogP contribution in [0.5, 0.6) is 0 Å². The monoisotopic (exact) mass is 293 g/mol. The number of hydrogen-bond acceptors (Lipinski definition) is 3. The lowest BCUT2D eigenvalue weighted by atomic mass is 10.3. The van der Waals surface area contributed by atoms with E-state index in [1.807, 2.05) is 0 Å². The van der Waals surface area contributed by atoms with Gasteiger partial charge in [-0.15, -0.1) is 0 Å². The smallest absolute Gasteiger partial charge is 0.314 e. The van der Waals surface area contributed by atoms with Gasteiger partial charge in [0.2, 0.25) is 0 Å². The highest BCUT2D eigenvalue weighted by atomic mass is 35.5. The van der Waals surface area contributed by atoms with Gasteiger partial charge in [-0.25, -0.2) is 9.37 Å². The standard InChI is InChI=1S/C13H9ClFN3O2/c14-11-10(6-3-7-16-11)18-13(20)12(19)17-9-5-2-1-4-8(9)15/h1-7H,(H,17,19)(H,18,20). The van der Waals surface area contributed by atoms with Crippen molar-refractivity contribution in [2.75, 3.05) is 10.6 Å². The second-order valence-electron chi connectivity index (χ2n) is 3.73. The molecule has 2 aromatic rings. The molecule has 0 fully saturated rings. The number of benzene rings is 1. The van der Waals surface area contributed by atoms with Gasteiger partial charge < -0.3 is 10.6 Å². The Morgan fingerprint density at radius 2 is 1.60 bits per heavy atom. The molecule has 5 nitrogen and oxygen atoms in total. The van der Waals surface area contributed by atoms with Gasteiger partial charge in [-0.3, -0.25) is 9.59 Å². The van der Waals surface area contributed by atoms with Crippen LogP contribution in [0.1, 0.15) is 0 Å². The summed E-state index contributed by atoms with van der Waals surface area (Å²) in [5.74, 6) is -2.61. The molecule has 2 rings (SSSR count). The molecule has 102 valence electrons. The number of carbonyl (C=O) groups is 2. The van der Waals surface area contributed by atoms with Crippen molar-refractivity contribution >= 4 is 34.8 Å². The second kappa shape index (κ2) is 6.12. The minimum Gasteiger partial charge on any atom is -0.315 e. The number of carbonyl (C=O) groups excluding carboxylic acids is 2. The molecule has 2 N–H and O–H groups in total. The van der Waals surface area contributed by atoms with Gasteiger partial charge >= 0.3 is 11.8 Å². The SMILES string of the molecule is O=C(Nc1ccccc1F)C(=O)Nc1cccnc1Cl. The first-order chi connectivity index (χ1) is 9.58. The molecule has 1 heterocycles. The Balaban J connectivity index is 2.05. The zero-order chi connectivity index (χ0) is 14.5. The number of pyridine rings is 1. The van der Waals surface area contributed by atoms with E-state index in [0.717, 1.165) is 0 Å². The number of nitrogens with zero attached hydrogens (tertiary/aromatic N) is 1. The van der Waals surface area contributed by atoms with Crippen LogP contribution in [-0.2, 0) is 9.59 Å². The Hall–Kier alpha value is -2.47. The van der Waals surface area contributed by atoms with E-state index in [0.29, 0.717) is 0 Å². The third-order valence-electron chi connectivity index (χ3n) is 2.34. The van der Waals surface area contributed by atoms with Gasteiger partial charge in [0.25, 0.3) is 0 Å². The average Bonchev–Trinajstić information content (AvgIpc) is 2.43. The van der Waals surface area contributed by atoms with Crippen LogP contribution in [0.25, 0.3) is 0 Å². The van der Waals surface area contributed by atoms with E-state index in [1.165, 1.54) is 36.5 Å². The largest absolute Gasteiger partial charge is 0.315 e. The van der Waals surface area contributed by atoms with E-state index in [9.17, 15) is 14.0 Å². The fraction of sp³-hybridized carbons (Fsp3) is 0. The summed E-state index contributed by atoms with van der Waals surface area (Å²) in [6.45, 7) is 0. The summed E-state index contributed by atoms with van der Waals surface area (Å²) < 4.78 is 13.3. The Labute approximate surface area is 118 Å². The molecule has 0 aliphatic heterocycles. The Morgan fingerprint density at radius 3 is 2.25 bits per heavy atom. The predicted molar refractivity (Wildman–Crippen MR) is 72.9 cm³/mol. The van der Waals surface area contributed by atoms with E-state index in [-0.39, 0.29) is 16.5 Å². The molecule has 20 heavy (non-hydrogen) atoms. The minimum atomic E-state index is -1.00. The average molecular weight is 294 g/mol. The molecule has 1 aromatic heterocycles. The molecule has 0 aliphatic carbocycles. The number of para-hydroxylation sites is 1. The van der Waals surface area contributed by atoms with Crippen LogP contribution in [0.3, 0.4) is 0 Å². The Bertz CT molecular complexity index is 606. The van der Waals surface area contributed by atoms with Crippen molar-refractivity contribution in [2.24, 2.45) is 0 Å². The highest BCUT2D eigenvalue weighted by molar-refractivity contribution is 6.44. The van der Waals surface area contributed by atoms with Crippen LogP contribution in [0.4, 0.5) is 15.8 Å². The number of aromatic nitrogens is 1. The molecular formula is C13H9ClFN3O2. The predicted octanol–water partition coefficient (Wildman–Crippen LogP) is 2.45. The first kappa shape index (κ1) is 14.0. The molecule has 0 saturated carbocycles. The molecule has 0 spiro atoms. The molecule has 0 radical (unpaired) electrons. The van der Waals surface area contributed by atoms with Crippen LogP contribution in [0.15, 0.2) is 42.6 Å². The Morgan fingerprint density at radius 1 is 1.00 bits per heavy atom. The van der Waals surface area contributed by atoms with E-state index < -0.39 is 17.6 Å². The molecule has 0 saturated heterocycles. The maximum absolute atomic E-state index is 13.3. The first-order valence-corrected chi connectivity index (χ1v) is 5.93. The van der Waals surface area contributed by atoms with Gasteiger partial charge in [0.1, 0.15) is 5.82 Å². The second-order valence-corrected chi connectivity index (χ2v) is 4.09. The number of anilines is 2. The lowest BCUT2D eigenvalue weighted by molar-refractivity contribution is -0.133. The summed E-state index contributed by atoms with van der Waals surface area (Å²) in [7, 11) is 0. The minimum absolute atomic E-state index is 0.0551. The Kier molecular flexibility index (Phi) is 4.27. The van der Waals surface area contributed by atoms with Crippen molar-refractivity contribution in [2.45, 2.75) is 0 Å². The van der Waals surface area contributed by atoms with Crippen LogP contribution in [-0.4, -0.2) is 16.8 Å². The molecule has 0 aliphatic rings. The fourth-order valence-electron chi connectivity index (χ4n) is 1.40. The summed E-state index contributed by atoms with van der Waals surface area (Å²) in [6, 6.07) is 8.57. The fourth-order valence-corrected chi connectivity index (χ4v) is 1.57. The zero-order valence-corrected chi connectivity index (χ0v) is 10.8. The molecule has 2 amide bonds. The first-order valence-electron chi connectivity index (χ1n) is 5.55. The lowest BCUT2D eigenvalue weighted by Crippen LogP contribution is -2.29. The third kappa shape index (κ3) is 3.30. The highest BCUT2D eigenvalue weighted by Gasteiger charge is 2.16. The van der Waals surface area contributed by atoms with Gasteiger partial charge in [0, 0.05) is 6.20 Å². The summed E-state index contributed by atoms with van der Waals surface area (Å²) in [5, 5.41) is 4.50. The van der Waals surface area contributed by atoms with E-state index >= 15 is 0 Å². The van der Waals surface area contributed by atoms with Gasteiger partial charge in [0.05, 0.1) is 11.4 Å². The van der Waals surface area contributed by atoms with Crippen LogP contribution in [0, 0.1) is 5.82 Å². The maximum atomic E-state index is 13.3. The van der Waals surface area contributed by atoms with Crippen molar-refractivity contribution in [3.05, 3.63) is 53.6 Å². The summed E-state index contributed by atoms with van der Waals surface area (Å²) in [5.41, 5.74) is 0.118. The molecule has 7 heteroatoms. The van der Waals surface area contributed by atoms with Crippen molar-refractivity contribution < 1.29 is 14.0 Å². The molecule has 1 aromatic carbocycles. The summed E-state index contributed by atoms with van der Waals surface area (Å²) in [6.07, 6.45) is 1.44. The maximum Gasteiger partial charge on any atom is 0.314 e. The molecule has 0 atom stereocenters. The lowest BCUT2D eigenvalue weighted by Gasteiger charge is -2.07. The van der Waals surface area contributed by atoms with Gasteiger partial charge in [-0.05, 0) is 24.3 Å². The van der Waals surface area contributed by atoms with E-state index in [4.69, 9.17) is 11.6 Å². The normalized spacial score (nSPS) is 9.90. The van der Waals surface area contributed by atoms with Crippen LogP contribution >= 0.6 is 11.6 Å². The number of rotatable bonds is 2. The summed E-state index contributed by atoms with van der Waals surface area (Å²) in [4.78, 5) is 27.0. The van der Waals surface area contributed by atoms with Crippen molar-refractivity contribution in [3.8, 4) is 0 Å². The van der Waals surface area contributed by atoms with Gasteiger partial charge in [-0.2, -0.15) is 0 Å². The summed E-state index contributed by atoms with van der Waals surface area (Å²) >= 11 is 5.74. The zero-order valence-electron chi connectivity index (χ0n) is 10.1. The van der Waals surface area contributed by atoms with Crippen molar-refractivity contribution in [1.82, 2.24) is 4.98 Å². The van der Waals surface area contributed by atoms with Gasteiger partial charge in [0.15, 0.2) is 5.15 Å². The van der Waals surface area contributed by atoms with Gasteiger partial charge in [-0.1, -0.05) is 23.7 Å². The topological polar surface area (TPSA) is 71.1 Å². The quantitative estimate of drug-likeness (QED) is 0.660. The van der Waals surface area contributed by atoms with E-state index in [1.54, 1.807) is 6.07 Å². The number of nitrogens with one attached hydrogen (secondary N) is 2. The van der Waals surface area contributed by atoms with Crippen LogP contribution < -0.4 is 10.6 Å². The number of amides is 2. The number of hydrogen-bond donors (Lipinski definition) is 2. The van der Waals surface area contributed by atoms with Crippen molar-refractivity contribution in [1.29, 1.82) is 0 Å². The van der Waals surface area contributed by atoms with Crippen LogP contribution in [0.2, 0.25) is 5.15 Å². The molecule has 0 unspecified atom stereocenters. The number of halogens is 2. The third-order valence-corrected chi connectivity index (χ3v) is 2.64. The highest BCUT2D eigenvalue weighted by Crippen LogP contribution is 2.17. The van der Waals surface area contributed by atoms with Crippen molar-refractivity contribution in [3.63, 3.8) is 0 Å². The van der Waals surface area contributed by atoms with E-state index in [2.05, 4.69) is 15.6 Å². The molecule has 0 bridgehead atoms.